The fourth-order valence-electron chi connectivity index (χ4n) is 6.88. The lowest BCUT2D eigenvalue weighted by Gasteiger charge is -2.48. The lowest BCUT2D eigenvalue weighted by atomic mass is 9.93. The monoisotopic (exact) mass is 578 g/mol. The Kier molecular flexibility index (Phi) is 6.27. The Balaban J connectivity index is 1.61. The topological polar surface area (TPSA) is 88.8 Å². The fourth-order valence-corrected chi connectivity index (χ4v) is 6.88. The SMILES string of the molecule is Cc1nc2c3c(nc(-c4cc(N)cc(F)c4OC(F)(F)F)c(F)c3c1C)O[C@@H](C)[C@@H]1[C@@H]3CC[C@](CN(C)C)(CN21)N3. The van der Waals surface area contributed by atoms with Gasteiger partial charge in [-0.15, -0.1) is 13.2 Å². The molecule has 6 rings (SSSR count). The van der Waals surface area contributed by atoms with Crippen LogP contribution in [0.4, 0.5) is 33.5 Å². The van der Waals surface area contributed by atoms with Crippen molar-refractivity contribution in [1.82, 2.24) is 20.2 Å². The molecular formula is C28H31F5N6O2. The van der Waals surface area contributed by atoms with Crippen molar-refractivity contribution in [1.29, 1.82) is 0 Å². The number of piperazine rings is 1. The molecule has 3 aliphatic heterocycles. The number of nitrogens with two attached hydrogens (primary N) is 1. The Morgan fingerprint density at radius 3 is 2.61 bits per heavy atom. The van der Waals surface area contributed by atoms with Crippen LogP contribution < -0.4 is 25.4 Å². The number of rotatable bonds is 4. The normalized spacial score (nSPS) is 25.3. The number of nitrogen functional groups attached to an aromatic ring is 1. The number of anilines is 2. The molecule has 3 aliphatic rings. The first-order chi connectivity index (χ1) is 19.2. The summed E-state index contributed by atoms with van der Waals surface area (Å²) in [7, 11) is 4.03. The molecule has 2 aromatic heterocycles. The van der Waals surface area contributed by atoms with E-state index in [-0.39, 0.29) is 34.6 Å². The van der Waals surface area contributed by atoms with Crippen LogP contribution in [0.25, 0.3) is 22.0 Å². The maximum Gasteiger partial charge on any atom is 0.573 e. The highest BCUT2D eigenvalue weighted by atomic mass is 19.4. The maximum absolute atomic E-state index is 16.6. The van der Waals surface area contributed by atoms with Gasteiger partial charge in [0.05, 0.1) is 17.0 Å². The van der Waals surface area contributed by atoms with Gasteiger partial charge in [0.15, 0.2) is 17.4 Å². The minimum absolute atomic E-state index is 0.00206. The third-order valence-electron chi connectivity index (χ3n) is 8.40. The number of ether oxygens (including phenoxy) is 2. The summed E-state index contributed by atoms with van der Waals surface area (Å²) in [4.78, 5) is 13.6. The van der Waals surface area contributed by atoms with Gasteiger partial charge >= 0.3 is 6.36 Å². The van der Waals surface area contributed by atoms with E-state index < -0.39 is 41.1 Å². The van der Waals surface area contributed by atoms with Crippen molar-refractivity contribution in [2.75, 3.05) is 37.8 Å². The molecule has 1 aromatic carbocycles. The van der Waals surface area contributed by atoms with Crippen LogP contribution in [0.3, 0.4) is 0 Å². The van der Waals surface area contributed by atoms with Gasteiger partial charge < -0.3 is 30.3 Å². The first-order valence-electron chi connectivity index (χ1n) is 13.4. The predicted octanol–water partition coefficient (Wildman–Crippen LogP) is 4.69. The van der Waals surface area contributed by atoms with Gasteiger partial charge in [-0.1, -0.05) is 0 Å². The van der Waals surface area contributed by atoms with Crippen molar-refractivity contribution < 1.29 is 31.4 Å². The number of nitrogens with one attached hydrogen (secondary N) is 1. The Morgan fingerprint density at radius 2 is 1.93 bits per heavy atom. The van der Waals surface area contributed by atoms with E-state index in [9.17, 15) is 17.6 Å². The minimum Gasteiger partial charge on any atom is -0.472 e. The van der Waals surface area contributed by atoms with Gasteiger partial charge in [0.25, 0.3) is 0 Å². The van der Waals surface area contributed by atoms with Crippen LogP contribution >= 0.6 is 0 Å². The third-order valence-corrected chi connectivity index (χ3v) is 8.40. The average molecular weight is 579 g/mol. The van der Waals surface area contributed by atoms with E-state index in [4.69, 9.17) is 15.5 Å². The summed E-state index contributed by atoms with van der Waals surface area (Å²) in [6.45, 7) is 6.69. The highest BCUT2D eigenvalue weighted by molar-refractivity contribution is 6.02. The number of hydrogen-bond acceptors (Lipinski definition) is 8. The van der Waals surface area contributed by atoms with Crippen molar-refractivity contribution >= 4 is 22.3 Å². The van der Waals surface area contributed by atoms with Crippen LogP contribution in [0.1, 0.15) is 31.0 Å². The number of benzene rings is 1. The summed E-state index contributed by atoms with van der Waals surface area (Å²) in [5, 5.41) is 4.22. The van der Waals surface area contributed by atoms with Crippen molar-refractivity contribution in [2.24, 2.45) is 0 Å². The van der Waals surface area contributed by atoms with Gasteiger partial charge in [-0.05, 0) is 59.3 Å². The molecule has 220 valence electrons. The molecule has 41 heavy (non-hydrogen) atoms. The van der Waals surface area contributed by atoms with Crippen LogP contribution in [0, 0.1) is 25.5 Å². The van der Waals surface area contributed by atoms with Gasteiger partial charge in [-0.3, -0.25) is 0 Å². The lowest BCUT2D eigenvalue weighted by Crippen LogP contribution is -2.69. The van der Waals surface area contributed by atoms with E-state index in [1.165, 1.54) is 0 Å². The standard InChI is InChI=1S/C28H31F5N6O2/c1-12-13(2)35-25-20-19(12)21(30)22(16-8-15(34)9-17(29)24(16)41-28(31,32)33)36-26(20)40-14(3)23-18-6-7-27(37-18,10-38(4)5)11-39(23)25/h8-9,14,18,23,37H,6-7,10-11,34H2,1-5H3/t14-,18-,23+,27-/m0/s1. The number of aryl methyl sites for hydroxylation is 2. The van der Waals surface area contributed by atoms with E-state index in [1.807, 2.05) is 21.0 Å². The number of hydrogen-bond donors (Lipinski definition) is 2. The smallest absolute Gasteiger partial charge is 0.472 e. The molecule has 0 amide bonds. The second-order valence-corrected chi connectivity index (χ2v) is 11.7. The molecule has 3 aromatic rings. The van der Waals surface area contributed by atoms with Gasteiger partial charge in [0, 0.05) is 47.5 Å². The quantitative estimate of drug-likeness (QED) is 0.341. The molecule has 5 heterocycles. The molecular weight excluding hydrogens is 547 g/mol. The summed E-state index contributed by atoms with van der Waals surface area (Å²) < 4.78 is 81.6. The summed E-state index contributed by atoms with van der Waals surface area (Å²) >= 11 is 0. The van der Waals surface area contributed by atoms with Gasteiger partial charge in [0.2, 0.25) is 5.88 Å². The van der Waals surface area contributed by atoms with E-state index in [2.05, 4.69) is 24.8 Å². The molecule has 13 heteroatoms. The number of alkyl halides is 3. The Hall–Kier alpha value is -3.45. The molecule has 3 N–H and O–H groups in total. The predicted molar refractivity (Wildman–Crippen MR) is 144 cm³/mol. The van der Waals surface area contributed by atoms with Crippen LogP contribution in [-0.4, -0.2) is 72.1 Å². The van der Waals surface area contributed by atoms with E-state index in [0.717, 1.165) is 25.5 Å². The zero-order chi connectivity index (χ0) is 29.6. The Morgan fingerprint density at radius 1 is 1.20 bits per heavy atom. The summed E-state index contributed by atoms with van der Waals surface area (Å²) in [6, 6.07) is 1.58. The first kappa shape index (κ1) is 27.7. The molecule has 2 saturated heterocycles. The number of pyridine rings is 2. The van der Waals surface area contributed by atoms with E-state index in [0.29, 0.717) is 35.1 Å². The molecule has 0 saturated carbocycles. The summed E-state index contributed by atoms with van der Waals surface area (Å²) in [5.74, 6) is -3.05. The van der Waals surface area contributed by atoms with Crippen LogP contribution in [0.15, 0.2) is 12.1 Å². The molecule has 8 nitrogen and oxygen atoms in total. The number of nitrogens with zero attached hydrogens (tertiary/aromatic N) is 4. The molecule has 0 spiro atoms. The average Bonchev–Trinajstić information content (AvgIpc) is 3.12. The Labute approximate surface area is 233 Å². The number of aromatic nitrogens is 2. The minimum atomic E-state index is -5.24. The second kappa shape index (κ2) is 9.28. The maximum atomic E-state index is 16.6. The van der Waals surface area contributed by atoms with Gasteiger partial charge in [0.1, 0.15) is 17.6 Å². The zero-order valence-electron chi connectivity index (χ0n) is 23.3. The second-order valence-electron chi connectivity index (χ2n) is 11.7. The highest BCUT2D eigenvalue weighted by Crippen LogP contribution is 2.48. The molecule has 0 radical (unpaired) electrons. The largest absolute Gasteiger partial charge is 0.573 e. The molecule has 0 aliphatic carbocycles. The van der Waals surface area contributed by atoms with Crippen molar-refractivity contribution in [3.63, 3.8) is 0 Å². The molecule has 2 fully saturated rings. The zero-order valence-corrected chi connectivity index (χ0v) is 23.3. The molecule has 0 unspecified atom stereocenters. The number of likely N-dealkylation sites (N-methyl/N-ethyl adjacent to an activating group) is 1. The Bertz CT molecular complexity index is 1560. The van der Waals surface area contributed by atoms with E-state index in [1.54, 1.807) is 13.8 Å². The first-order valence-corrected chi connectivity index (χ1v) is 13.4. The fraction of sp³-hybridized carbons (Fsp3) is 0.500. The summed E-state index contributed by atoms with van der Waals surface area (Å²) in [6.07, 6.45) is -3.83. The van der Waals surface area contributed by atoms with Gasteiger partial charge in [-0.25, -0.2) is 18.7 Å². The highest BCUT2D eigenvalue weighted by Gasteiger charge is 2.53. The van der Waals surface area contributed by atoms with Crippen LogP contribution in [0.5, 0.6) is 11.6 Å². The molecule has 2 bridgehead atoms. The number of fused-ring (bicyclic) bond motifs is 5. The molecule has 4 atom stereocenters. The van der Waals surface area contributed by atoms with E-state index >= 15 is 4.39 Å². The lowest BCUT2D eigenvalue weighted by molar-refractivity contribution is -0.275. The van der Waals surface area contributed by atoms with Gasteiger partial charge in [-0.2, -0.15) is 0 Å². The number of halogens is 5. The van der Waals surface area contributed by atoms with Crippen LogP contribution in [0.2, 0.25) is 0 Å². The van der Waals surface area contributed by atoms with Crippen molar-refractivity contribution in [2.45, 2.75) is 63.7 Å². The summed E-state index contributed by atoms with van der Waals surface area (Å²) in [5.41, 5.74) is 5.21. The van der Waals surface area contributed by atoms with Crippen molar-refractivity contribution in [3.8, 4) is 22.9 Å². The van der Waals surface area contributed by atoms with Crippen molar-refractivity contribution in [3.05, 3.63) is 35.0 Å². The van der Waals surface area contributed by atoms with Crippen LogP contribution in [-0.2, 0) is 0 Å². The third kappa shape index (κ3) is 4.49.